The van der Waals surface area contributed by atoms with Crippen LogP contribution in [0.4, 0.5) is 4.39 Å². The summed E-state index contributed by atoms with van der Waals surface area (Å²) >= 11 is 3.22. The first-order valence-electron chi connectivity index (χ1n) is 6.47. The number of rotatable bonds is 2. The maximum absolute atomic E-state index is 12.9. The molecule has 0 bridgehead atoms. The van der Waals surface area contributed by atoms with Gasteiger partial charge in [-0.3, -0.25) is 4.79 Å². The number of thioether (sulfide) groups is 1. The van der Waals surface area contributed by atoms with Gasteiger partial charge in [0.2, 0.25) is 0 Å². The molecular weight excluding hydrogens is 307 g/mol. The van der Waals surface area contributed by atoms with Crippen LogP contribution in [0.25, 0.3) is 6.08 Å². The molecule has 0 aliphatic carbocycles. The van der Waals surface area contributed by atoms with E-state index in [2.05, 4.69) is 4.98 Å². The predicted molar refractivity (Wildman–Crippen MR) is 84.7 cm³/mol. The largest absolute Gasteiger partial charge is 0.302 e. The molecule has 1 amide bonds. The van der Waals surface area contributed by atoms with Crippen LogP contribution in [0, 0.1) is 12.7 Å². The van der Waals surface area contributed by atoms with Gasteiger partial charge in [0.05, 0.1) is 15.7 Å². The average molecular weight is 320 g/mol. The van der Waals surface area contributed by atoms with Crippen LogP contribution in [-0.2, 0) is 0 Å². The average Bonchev–Trinajstić information content (AvgIpc) is 3.09. The molecule has 0 spiro atoms. The molecule has 3 nitrogen and oxygen atoms in total. The number of carbonyl (C=O) groups excluding carboxylic acids is 1. The molecule has 1 aromatic carbocycles. The van der Waals surface area contributed by atoms with Crippen molar-refractivity contribution in [3.8, 4) is 0 Å². The van der Waals surface area contributed by atoms with Gasteiger partial charge in [0.15, 0.2) is 0 Å². The normalized spacial score (nSPS) is 16.7. The topological polar surface area (TPSA) is 33.2 Å². The molecule has 0 N–H and O–H groups in total. The molecular formula is C15H13FN2OS2. The molecule has 21 heavy (non-hydrogen) atoms. The maximum Gasteiger partial charge on any atom is 0.258 e. The van der Waals surface area contributed by atoms with E-state index in [1.54, 1.807) is 28.0 Å². The predicted octanol–water partition coefficient (Wildman–Crippen LogP) is 3.78. The van der Waals surface area contributed by atoms with Gasteiger partial charge in [0, 0.05) is 23.2 Å². The number of aryl methyl sites for hydroxylation is 1. The number of hydrogen-bond acceptors (Lipinski definition) is 4. The summed E-state index contributed by atoms with van der Waals surface area (Å²) in [6, 6.07) is 5.66. The van der Waals surface area contributed by atoms with Crippen LogP contribution in [0.15, 0.2) is 34.7 Å². The third-order valence-corrected chi connectivity index (χ3v) is 4.89. The molecule has 0 saturated carbocycles. The second-order valence-corrected chi connectivity index (χ2v) is 6.76. The number of hydrogen-bond donors (Lipinski definition) is 0. The van der Waals surface area contributed by atoms with Crippen molar-refractivity contribution in [3.05, 3.63) is 56.8 Å². The Morgan fingerprint density at radius 1 is 1.38 bits per heavy atom. The van der Waals surface area contributed by atoms with Gasteiger partial charge in [-0.1, -0.05) is 0 Å². The summed E-state index contributed by atoms with van der Waals surface area (Å²) in [6.07, 6.45) is 1.93. The zero-order valence-electron chi connectivity index (χ0n) is 11.4. The van der Waals surface area contributed by atoms with Gasteiger partial charge in [0.1, 0.15) is 5.82 Å². The van der Waals surface area contributed by atoms with E-state index in [4.69, 9.17) is 0 Å². The Balaban J connectivity index is 1.85. The summed E-state index contributed by atoms with van der Waals surface area (Å²) in [5, 5.41) is 3.87. The highest BCUT2D eigenvalue weighted by Crippen LogP contribution is 2.31. The molecule has 0 unspecified atom stereocenters. The van der Waals surface area contributed by atoms with Gasteiger partial charge in [-0.05, 0) is 37.3 Å². The lowest BCUT2D eigenvalue weighted by atomic mass is 10.2. The van der Waals surface area contributed by atoms with Crippen molar-refractivity contribution >= 4 is 35.1 Å². The number of amides is 1. The van der Waals surface area contributed by atoms with E-state index in [-0.39, 0.29) is 11.7 Å². The monoisotopic (exact) mass is 320 g/mol. The number of aromatic nitrogens is 1. The molecule has 3 rings (SSSR count). The quantitative estimate of drug-likeness (QED) is 0.844. The zero-order chi connectivity index (χ0) is 14.8. The summed E-state index contributed by atoms with van der Waals surface area (Å²) in [7, 11) is 0. The van der Waals surface area contributed by atoms with Gasteiger partial charge >= 0.3 is 0 Å². The number of halogens is 1. The molecule has 2 heterocycles. The summed E-state index contributed by atoms with van der Waals surface area (Å²) in [5.74, 6) is 0.427. The van der Waals surface area contributed by atoms with Crippen molar-refractivity contribution < 1.29 is 9.18 Å². The molecule has 1 saturated heterocycles. The Kier molecular flexibility index (Phi) is 4.07. The number of nitrogens with zero attached hydrogens (tertiary/aromatic N) is 2. The van der Waals surface area contributed by atoms with E-state index in [9.17, 15) is 9.18 Å². The van der Waals surface area contributed by atoms with Crippen molar-refractivity contribution in [2.24, 2.45) is 0 Å². The summed E-state index contributed by atoms with van der Waals surface area (Å²) in [5.41, 5.74) is 1.37. The molecule has 1 aliphatic rings. The molecule has 1 fully saturated rings. The third-order valence-electron chi connectivity index (χ3n) is 3.08. The lowest BCUT2D eigenvalue weighted by molar-refractivity contribution is 0.0831. The molecule has 1 aliphatic heterocycles. The summed E-state index contributed by atoms with van der Waals surface area (Å²) in [4.78, 5) is 18.6. The number of benzene rings is 1. The van der Waals surface area contributed by atoms with Crippen LogP contribution >= 0.6 is 23.1 Å². The Bertz CT molecular complexity index is 694. The Hall–Kier alpha value is -1.66. The minimum atomic E-state index is -0.337. The van der Waals surface area contributed by atoms with E-state index >= 15 is 0 Å². The highest BCUT2D eigenvalue weighted by molar-refractivity contribution is 8.03. The SMILES string of the molecule is Cc1nc(/C=C2/SCCN2C(=O)c2ccc(F)cc2)cs1. The van der Waals surface area contributed by atoms with Crippen LogP contribution in [0.2, 0.25) is 0 Å². The van der Waals surface area contributed by atoms with Crippen molar-refractivity contribution in [2.75, 3.05) is 12.3 Å². The molecule has 0 radical (unpaired) electrons. The van der Waals surface area contributed by atoms with Crippen molar-refractivity contribution in [3.63, 3.8) is 0 Å². The first-order chi connectivity index (χ1) is 10.1. The standard InChI is InChI=1S/C15H13FN2OS2/c1-10-17-13(9-21-10)8-14-18(6-7-20-14)15(19)11-2-4-12(16)5-3-11/h2-5,8-9H,6-7H2,1H3/b14-8+. The lowest BCUT2D eigenvalue weighted by Gasteiger charge is -2.16. The third kappa shape index (κ3) is 3.16. The summed E-state index contributed by atoms with van der Waals surface area (Å²) < 4.78 is 12.9. The smallest absolute Gasteiger partial charge is 0.258 e. The Morgan fingerprint density at radius 3 is 2.81 bits per heavy atom. The van der Waals surface area contributed by atoms with Crippen molar-refractivity contribution in [2.45, 2.75) is 6.92 Å². The minimum Gasteiger partial charge on any atom is -0.302 e. The van der Waals surface area contributed by atoms with Crippen LogP contribution in [0.1, 0.15) is 21.1 Å². The summed E-state index contributed by atoms with van der Waals surface area (Å²) in [6.45, 7) is 2.62. The Morgan fingerprint density at radius 2 is 2.14 bits per heavy atom. The van der Waals surface area contributed by atoms with E-state index in [1.807, 2.05) is 18.4 Å². The Labute approximate surface area is 130 Å². The van der Waals surface area contributed by atoms with Crippen LogP contribution in [0.5, 0.6) is 0 Å². The fourth-order valence-corrected chi connectivity index (χ4v) is 3.66. The van der Waals surface area contributed by atoms with E-state index < -0.39 is 0 Å². The van der Waals surface area contributed by atoms with E-state index in [0.717, 1.165) is 21.5 Å². The first-order valence-corrected chi connectivity index (χ1v) is 8.34. The van der Waals surface area contributed by atoms with Gasteiger partial charge < -0.3 is 4.90 Å². The fourth-order valence-electron chi connectivity index (χ4n) is 2.07. The number of thiazole rings is 1. The fraction of sp³-hybridized carbons (Fsp3) is 0.200. The lowest BCUT2D eigenvalue weighted by Crippen LogP contribution is -2.26. The minimum absolute atomic E-state index is 0.0989. The first kappa shape index (κ1) is 14.3. The molecule has 0 atom stereocenters. The van der Waals surface area contributed by atoms with Gasteiger partial charge in [0.25, 0.3) is 5.91 Å². The molecule has 1 aromatic heterocycles. The second kappa shape index (κ2) is 5.99. The highest BCUT2D eigenvalue weighted by Gasteiger charge is 2.25. The molecule has 2 aromatic rings. The van der Waals surface area contributed by atoms with Gasteiger partial charge in [-0.2, -0.15) is 0 Å². The molecule has 6 heteroatoms. The highest BCUT2D eigenvalue weighted by atomic mass is 32.2. The van der Waals surface area contributed by atoms with Crippen molar-refractivity contribution in [1.82, 2.24) is 9.88 Å². The number of carbonyl (C=O) groups is 1. The van der Waals surface area contributed by atoms with E-state index in [1.165, 1.54) is 24.3 Å². The van der Waals surface area contributed by atoms with Gasteiger partial charge in [-0.25, -0.2) is 9.37 Å². The van der Waals surface area contributed by atoms with E-state index in [0.29, 0.717) is 12.1 Å². The van der Waals surface area contributed by atoms with Crippen LogP contribution in [0.3, 0.4) is 0 Å². The van der Waals surface area contributed by atoms with Gasteiger partial charge in [-0.15, -0.1) is 23.1 Å². The second-order valence-electron chi connectivity index (χ2n) is 4.59. The zero-order valence-corrected chi connectivity index (χ0v) is 13.0. The van der Waals surface area contributed by atoms with Crippen LogP contribution < -0.4 is 0 Å². The van der Waals surface area contributed by atoms with Crippen molar-refractivity contribution in [1.29, 1.82) is 0 Å². The maximum atomic E-state index is 12.9. The molecule has 108 valence electrons. The van der Waals surface area contributed by atoms with Crippen LogP contribution in [-0.4, -0.2) is 28.1 Å².